The van der Waals surface area contributed by atoms with Crippen molar-refractivity contribution in [3.8, 4) is 5.75 Å². The Kier molecular flexibility index (Phi) is 6.57. The predicted octanol–water partition coefficient (Wildman–Crippen LogP) is 4.30. The Morgan fingerprint density at radius 3 is 2.60 bits per heavy atom. The summed E-state index contributed by atoms with van der Waals surface area (Å²) < 4.78 is 11.2. The standard InChI is InChI=1S/C27H30N4O4/c1-18-24(19(2)35-29-18)16-30-10-12-31(13-11-30)26(27(32)33)23-15-28-25-14-21(8-9-22(23)25)34-17-20-6-4-3-5-7-20/h3-9,14-15,26,28H,10-13,16-17H2,1-2H3,(H,32,33). The average Bonchev–Trinajstić information content (AvgIpc) is 3.42. The number of nitrogens with zero attached hydrogens (tertiary/aromatic N) is 3. The van der Waals surface area contributed by atoms with Crippen LogP contribution >= 0.6 is 0 Å². The molecule has 1 atom stereocenters. The minimum Gasteiger partial charge on any atom is -0.489 e. The zero-order chi connectivity index (χ0) is 24.4. The van der Waals surface area contributed by atoms with Gasteiger partial charge in [-0.15, -0.1) is 0 Å². The number of carboxylic acid groups (broad SMARTS) is 1. The van der Waals surface area contributed by atoms with Crippen molar-refractivity contribution in [2.45, 2.75) is 33.0 Å². The highest BCUT2D eigenvalue weighted by Gasteiger charge is 2.32. The summed E-state index contributed by atoms with van der Waals surface area (Å²) in [6, 6.07) is 15.1. The molecule has 0 radical (unpaired) electrons. The van der Waals surface area contributed by atoms with Crippen LogP contribution in [0, 0.1) is 13.8 Å². The van der Waals surface area contributed by atoms with Gasteiger partial charge in [-0.2, -0.15) is 0 Å². The zero-order valence-electron chi connectivity index (χ0n) is 20.0. The molecule has 0 saturated carbocycles. The van der Waals surface area contributed by atoms with Crippen LogP contribution in [0.2, 0.25) is 0 Å². The first-order valence-corrected chi connectivity index (χ1v) is 11.9. The number of fused-ring (bicyclic) bond motifs is 1. The summed E-state index contributed by atoms with van der Waals surface area (Å²) in [5.74, 6) is 0.753. The molecule has 1 fully saturated rings. The lowest BCUT2D eigenvalue weighted by Gasteiger charge is -2.37. The minimum absolute atomic E-state index is 0.482. The van der Waals surface area contributed by atoms with E-state index in [1.807, 2.05) is 68.6 Å². The van der Waals surface area contributed by atoms with Crippen LogP contribution in [0.1, 0.15) is 34.2 Å². The summed E-state index contributed by atoms with van der Waals surface area (Å²) in [5.41, 5.74) is 4.78. The summed E-state index contributed by atoms with van der Waals surface area (Å²) >= 11 is 0. The third-order valence-electron chi connectivity index (χ3n) is 6.80. The number of benzene rings is 2. The van der Waals surface area contributed by atoms with E-state index in [9.17, 15) is 9.90 Å². The highest BCUT2D eigenvalue weighted by Crippen LogP contribution is 2.32. The fourth-order valence-electron chi connectivity index (χ4n) is 4.80. The first-order chi connectivity index (χ1) is 17.0. The van der Waals surface area contributed by atoms with Crippen molar-refractivity contribution in [1.29, 1.82) is 0 Å². The van der Waals surface area contributed by atoms with Crippen LogP contribution in [0.4, 0.5) is 0 Å². The largest absolute Gasteiger partial charge is 0.489 e. The predicted molar refractivity (Wildman–Crippen MR) is 132 cm³/mol. The Balaban J connectivity index is 1.28. The van der Waals surface area contributed by atoms with Gasteiger partial charge in [-0.05, 0) is 31.5 Å². The number of rotatable bonds is 8. The van der Waals surface area contributed by atoms with E-state index in [1.54, 1.807) is 0 Å². The Morgan fingerprint density at radius 1 is 1.14 bits per heavy atom. The van der Waals surface area contributed by atoms with E-state index >= 15 is 0 Å². The number of hydrogen-bond donors (Lipinski definition) is 2. The molecule has 35 heavy (non-hydrogen) atoms. The van der Waals surface area contributed by atoms with Crippen LogP contribution in [0.15, 0.2) is 59.3 Å². The average molecular weight is 475 g/mol. The molecule has 8 heteroatoms. The molecule has 5 rings (SSSR count). The number of H-pyrrole nitrogens is 1. The lowest BCUT2D eigenvalue weighted by Crippen LogP contribution is -2.48. The Bertz CT molecular complexity index is 1290. The molecule has 2 N–H and O–H groups in total. The van der Waals surface area contributed by atoms with Crippen molar-refractivity contribution >= 4 is 16.9 Å². The second-order valence-corrected chi connectivity index (χ2v) is 9.08. The number of carbonyl (C=O) groups is 1. The molecule has 3 heterocycles. The maximum absolute atomic E-state index is 12.4. The topological polar surface area (TPSA) is 94.8 Å². The normalized spacial score (nSPS) is 15.9. The fourth-order valence-corrected chi connectivity index (χ4v) is 4.80. The van der Waals surface area contributed by atoms with Crippen molar-refractivity contribution < 1.29 is 19.2 Å². The second kappa shape index (κ2) is 9.93. The van der Waals surface area contributed by atoms with Gasteiger partial charge >= 0.3 is 5.97 Å². The van der Waals surface area contributed by atoms with Crippen molar-refractivity contribution in [3.05, 3.63) is 82.9 Å². The number of ether oxygens (including phenoxy) is 1. The van der Waals surface area contributed by atoms with Gasteiger partial charge in [-0.1, -0.05) is 35.5 Å². The van der Waals surface area contributed by atoms with Crippen LogP contribution in [-0.4, -0.2) is 57.2 Å². The van der Waals surface area contributed by atoms with E-state index in [0.29, 0.717) is 19.7 Å². The molecule has 0 spiro atoms. The summed E-state index contributed by atoms with van der Waals surface area (Å²) in [7, 11) is 0. The first kappa shape index (κ1) is 23.1. The van der Waals surface area contributed by atoms with Gasteiger partial charge in [0.05, 0.1) is 5.69 Å². The molecule has 0 amide bonds. The Morgan fingerprint density at radius 2 is 1.91 bits per heavy atom. The number of aromatic amines is 1. The molecule has 1 saturated heterocycles. The van der Waals surface area contributed by atoms with Gasteiger partial charge in [-0.3, -0.25) is 14.6 Å². The van der Waals surface area contributed by atoms with Crippen LogP contribution in [0.5, 0.6) is 5.75 Å². The van der Waals surface area contributed by atoms with Crippen molar-refractivity contribution in [2.75, 3.05) is 26.2 Å². The molecule has 2 aromatic heterocycles. The molecule has 2 aromatic carbocycles. The highest BCUT2D eigenvalue weighted by molar-refractivity contribution is 5.90. The minimum atomic E-state index is -0.838. The first-order valence-electron chi connectivity index (χ1n) is 11.9. The van der Waals surface area contributed by atoms with Crippen molar-refractivity contribution in [3.63, 3.8) is 0 Å². The van der Waals surface area contributed by atoms with Gasteiger partial charge in [0.2, 0.25) is 0 Å². The third kappa shape index (κ3) is 4.94. The Hall–Kier alpha value is -3.62. The van der Waals surface area contributed by atoms with E-state index in [4.69, 9.17) is 9.26 Å². The van der Waals surface area contributed by atoms with Crippen LogP contribution in [0.25, 0.3) is 10.9 Å². The Labute approximate surface area is 204 Å². The van der Waals surface area contributed by atoms with Gasteiger partial charge < -0.3 is 19.4 Å². The van der Waals surface area contributed by atoms with Crippen LogP contribution in [-0.2, 0) is 17.9 Å². The summed E-state index contributed by atoms with van der Waals surface area (Å²) in [6.45, 7) is 8.05. The molecule has 182 valence electrons. The lowest BCUT2D eigenvalue weighted by atomic mass is 10.0. The van der Waals surface area contributed by atoms with Gasteiger partial charge in [0.15, 0.2) is 0 Å². The molecule has 0 bridgehead atoms. The molecular formula is C27H30N4O4. The van der Waals surface area contributed by atoms with Crippen LogP contribution in [0.3, 0.4) is 0 Å². The van der Waals surface area contributed by atoms with Gasteiger partial charge in [0.1, 0.15) is 24.2 Å². The number of aromatic nitrogens is 2. The highest BCUT2D eigenvalue weighted by atomic mass is 16.5. The third-order valence-corrected chi connectivity index (χ3v) is 6.80. The molecule has 4 aromatic rings. The number of nitrogens with one attached hydrogen (secondary N) is 1. The second-order valence-electron chi connectivity index (χ2n) is 9.08. The maximum Gasteiger partial charge on any atom is 0.325 e. The van der Waals surface area contributed by atoms with Gasteiger partial charge in [-0.25, -0.2) is 0 Å². The maximum atomic E-state index is 12.4. The quantitative estimate of drug-likeness (QED) is 0.393. The van der Waals surface area contributed by atoms with E-state index in [-0.39, 0.29) is 0 Å². The number of aryl methyl sites for hydroxylation is 2. The number of hydrogen-bond acceptors (Lipinski definition) is 6. The van der Waals surface area contributed by atoms with Crippen molar-refractivity contribution in [2.24, 2.45) is 0 Å². The zero-order valence-corrected chi connectivity index (χ0v) is 20.0. The van der Waals surface area contributed by atoms with E-state index in [2.05, 4.69) is 19.9 Å². The van der Waals surface area contributed by atoms with E-state index in [1.165, 1.54) is 0 Å². The van der Waals surface area contributed by atoms with E-state index in [0.717, 1.165) is 64.4 Å². The summed E-state index contributed by atoms with van der Waals surface area (Å²) in [5, 5.41) is 15.1. The van der Waals surface area contributed by atoms with Gasteiger partial charge in [0, 0.05) is 67.0 Å². The molecule has 1 aliphatic heterocycles. The molecule has 1 unspecified atom stereocenters. The number of aliphatic carboxylic acids is 1. The smallest absolute Gasteiger partial charge is 0.325 e. The van der Waals surface area contributed by atoms with Crippen molar-refractivity contribution in [1.82, 2.24) is 19.9 Å². The van der Waals surface area contributed by atoms with Crippen LogP contribution < -0.4 is 4.74 Å². The number of carboxylic acids is 1. The SMILES string of the molecule is Cc1noc(C)c1CN1CCN(C(C(=O)O)c2c[nH]c3cc(OCc4ccccc4)ccc23)CC1. The lowest BCUT2D eigenvalue weighted by molar-refractivity contribution is -0.144. The molecule has 1 aliphatic rings. The summed E-state index contributed by atoms with van der Waals surface area (Å²) in [4.78, 5) is 20.0. The van der Waals surface area contributed by atoms with E-state index < -0.39 is 12.0 Å². The molecular weight excluding hydrogens is 444 g/mol. The molecule has 0 aliphatic carbocycles. The number of piperazine rings is 1. The fraction of sp³-hybridized carbons (Fsp3) is 0.333. The monoisotopic (exact) mass is 474 g/mol. The van der Waals surface area contributed by atoms with Gasteiger partial charge in [0.25, 0.3) is 0 Å². The molecule has 8 nitrogen and oxygen atoms in total. The summed E-state index contributed by atoms with van der Waals surface area (Å²) in [6.07, 6.45) is 1.82.